The molecule has 1 aliphatic rings. The molecule has 18 heavy (non-hydrogen) atoms. The Bertz CT molecular complexity index is 207. The van der Waals surface area contributed by atoms with Crippen LogP contribution < -0.4 is 5.32 Å². The van der Waals surface area contributed by atoms with Gasteiger partial charge in [0.1, 0.15) is 0 Å². The van der Waals surface area contributed by atoms with Crippen molar-refractivity contribution < 1.29 is 0 Å². The summed E-state index contributed by atoms with van der Waals surface area (Å²) in [4.78, 5) is 2.72. The highest BCUT2D eigenvalue weighted by Crippen LogP contribution is 2.32. The molecule has 0 aromatic carbocycles. The fourth-order valence-electron chi connectivity index (χ4n) is 3.27. The van der Waals surface area contributed by atoms with Gasteiger partial charge >= 0.3 is 0 Å². The SMILES string of the molecule is CCCCCN(CC1(CCC)CCNC1)C(C)C. The minimum atomic E-state index is 0.561. The number of hydrogen-bond donors (Lipinski definition) is 1. The molecule has 1 rings (SSSR count). The van der Waals surface area contributed by atoms with Crippen LogP contribution >= 0.6 is 0 Å². The first-order valence-electron chi connectivity index (χ1n) is 8.08. The summed E-state index contributed by atoms with van der Waals surface area (Å²) < 4.78 is 0. The molecule has 0 bridgehead atoms. The summed E-state index contributed by atoms with van der Waals surface area (Å²) in [5.74, 6) is 0. The molecule has 1 fully saturated rings. The summed E-state index contributed by atoms with van der Waals surface area (Å²) in [6.45, 7) is 14.4. The van der Waals surface area contributed by atoms with E-state index in [1.807, 2.05) is 0 Å². The van der Waals surface area contributed by atoms with Crippen molar-refractivity contribution >= 4 is 0 Å². The van der Waals surface area contributed by atoms with Crippen LogP contribution in [0.1, 0.15) is 66.2 Å². The molecule has 1 N–H and O–H groups in total. The highest BCUT2D eigenvalue weighted by Gasteiger charge is 2.34. The third kappa shape index (κ3) is 4.89. The third-order valence-corrected chi connectivity index (χ3v) is 4.43. The van der Waals surface area contributed by atoms with Gasteiger partial charge in [-0.25, -0.2) is 0 Å². The first-order valence-corrected chi connectivity index (χ1v) is 8.08. The second kappa shape index (κ2) is 8.16. The summed E-state index contributed by atoms with van der Waals surface area (Å²) in [6, 6.07) is 0.691. The van der Waals surface area contributed by atoms with Crippen LogP contribution in [-0.2, 0) is 0 Å². The largest absolute Gasteiger partial charge is 0.316 e. The molecule has 0 aromatic rings. The van der Waals surface area contributed by atoms with E-state index in [-0.39, 0.29) is 0 Å². The first-order chi connectivity index (χ1) is 8.63. The van der Waals surface area contributed by atoms with Gasteiger partial charge in [0, 0.05) is 19.1 Å². The number of nitrogens with one attached hydrogen (secondary N) is 1. The van der Waals surface area contributed by atoms with E-state index in [1.54, 1.807) is 0 Å². The monoisotopic (exact) mass is 254 g/mol. The lowest BCUT2D eigenvalue weighted by Gasteiger charge is -2.37. The van der Waals surface area contributed by atoms with Crippen molar-refractivity contribution in [3.05, 3.63) is 0 Å². The van der Waals surface area contributed by atoms with Crippen LogP contribution in [0.3, 0.4) is 0 Å². The van der Waals surface area contributed by atoms with E-state index in [0.29, 0.717) is 11.5 Å². The highest BCUT2D eigenvalue weighted by molar-refractivity contribution is 4.90. The molecular weight excluding hydrogens is 220 g/mol. The second-order valence-electron chi connectivity index (χ2n) is 6.45. The molecule has 1 heterocycles. The van der Waals surface area contributed by atoms with Crippen LogP contribution in [0.5, 0.6) is 0 Å². The Labute approximate surface area is 115 Å². The Kier molecular flexibility index (Phi) is 7.25. The van der Waals surface area contributed by atoms with Gasteiger partial charge in [0.05, 0.1) is 0 Å². The molecular formula is C16H34N2. The average Bonchev–Trinajstić information content (AvgIpc) is 2.77. The lowest BCUT2D eigenvalue weighted by Crippen LogP contribution is -2.43. The Hall–Kier alpha value is -0.0800. The van der Waals surface area contributed by atoms with Crippen LogP contribution in [0.25, 0.3) is 0 Å². The van der Waals surface area contributed by atoms with Crippen LogP contribution in [0.15, 0.2) is 0 Å². The zero-order valence-electron chi connectivity index (χ0n) is 13.1. The topological polar surface area (TPSA) is 15.3 Å². The fraction of sp³-hybridized carbons (Fsp3) is 1.00. The van der Waals surface area contributed by atoms with Gasteiger partial charge in [-0.05, 0) is 51.6 Å². The summed E-state index contributed by atoms with van der Waals surface area (Å²) in [7, 11) is 0. The van der Waals surface area contributed by atoms with Gasteiger partial charge in [-0.15, -0.1) is 0 Å². The van der Waals surface area contributed by atoms with Crippen LogP contribution in [0.2, 0.25) is 0 Å². The van der Waals surface area contributed by atoms with E-state index in [9.17, 15) is 0 Å². The van der Waals surface area contributed by atoms with Gasteiger partial charge in [0.15, 0.2) is 0 Å². The fourth-order valence-corrected chi connectivity index (χ4v) is 3.27. The highest BCUT2D eigenvalue weighted by atomic mass is 15.2. The molecule has 1 aliphatic heterocycles. The Balaban J connectivity index is 2.51. The maximum absolute atomic E-state index is 3.58. The summed E-state index contributed by atoms with van der Waals surface area (Å²) in [6.07, 6.45) is 8.15. The van der Waals surface area contributed by atoms with Gasteiger partial charge in [0.2, 0.25) is 0 Å². The van der Waals surface area contributed by atoms with Crippen molar-refractivity contribution in [3.8, 4) is 0 Å². The first kappa shape index (κ1) is 16.0. The predicted octanol–water partition coefficient (Wildman–Crippen LogP) is 3.67. The zero-order valence-corrected chi connectivity index (χ0v) is 13.1. The molecule has 0 aliphatic carbocycles. The summed E-state index contributed by atoms with van der Waals surface area (Å²) in [5, 5.41) is 3.58. The molecule has 0 amide bonds. The zero-order chi connectivity index (χ0) is 13.4. The van der Waals surface area contributed by atoms with Crippen molar-refractivity contribution in [3.63, 3.8) is 0 Å². The average molecular weight is 254 g/mol. The van der Waals surface area contributed by atoms with Crippen molar-refractivity contribution in [2.75, 3.05) is 26.2 Å². The van der Waals surface area contributed by atoms with Gasteiger partial charge in [0.25, 0.3) is 0 Å². The minimum Gasteiger partial charge on any atom is -0.316 e. The van der Waals surface area contributed by atoms with Crippen molar-refractivity contribution in [1.82, 2.24) is 10.2 Å². The van der Waals surface area contributed by atoms with Crippen LogP contribution in [0, 0.1) is 5.41 Å². The third-order valence-electron chi connectivity index (χ3n) is 4.43. The molecule has 0 saturated carbocycles. The number of nitrogens with zero attached hydrogens (tertiary/aromatic N) is 1. The molecule has 0 aromatic heterocycles. The molecule has 1 atom stereocenters. The van der Waals surface area contributed by atoms with E-state index in [1.165, 1.54) is 64.7 Å². The molecule has 1 saturated heterocycles. The molecule has 0 radical (unpaired) electrons. The summed E-state index contributed by atoms with van der Waals surface area (Å²) >= 11 is 0. The molecule has 2 nitrogen and oxygen atoms in total. The smallest absolute Gasteiger partial charge is 0.00533 e. The Morgan fingerprint density at radius 2 is 1.94 bits per heavy atom. The van der Waals surface area contributed by atoms with Gasteiger partial charge in [-0.3, -0.25) is 0 Å². The van der Waals surface area contributed by atoms with Crippen molar-refractivity contribution in [1.29, 1.82) is 0 Å². The van der Waals surface area contributed by atoms with Gasteiger partial charge < -0.3 is 10.2 Å². The maximum atomic E-state index is 3.58. The lowest BCUT2D eigenvalue weighted by atomic mass is 9.81. The normalized spacial score (nSPS) is 24.3. The number of hydrogen-bond acceptors (Lipinski definition) is 2. The quantitative estimate of drug-likeness (QED) is 0.632. The van der Waals surface area contributed by atoms with Crippen LogP contribution in [-0.4, -0.2) is 37.1 Å². The van der Waals surface area contributed by atoms with Crippen LogP contribution in [0.4, 0.5) is 0 Å². The predicted molar refractivity (Wildman–Crippen MR) is 81.1 cm³/mol. The van der Waals surface area contributed by atoms with Gasteiger partial charge in [-0.2, -0.15) is 0 Å². The van der Waals surface area contributed by atoms with Gasteiger partial charge in [-0.1, -0.05) is 33.1 Å². The Morgan fingerprint density at radius 1 is 1.17 bits per heavy atom. The minimum absolute atomic E-state index is 0.561. The van der Waals surface area contributed by atoms with Crippen molar-refractivity contribution in [2.24, 2.45) is 5.41 Å². The molecule has 2 heteroatoms. The second-order valence-corrected chi connectivity index (χ2v) is 6.45. The van der Waals surface area contributed by atoms with Crippen molar-refractivity contribution in [2.45, 2.75) is 72.3 Å². The van der Waals surface area contributed by atoms with E-state index in [2.05, 4.69) is 37.9 Å². The molecule has 108 valence electrons. The Morgan fingerprint density at radius 3 is 2.44 bits per heavy atom. The lowest BCUT2D eigenvalue weighted by molar-refractivity contribution is 0.122. The number of rotatable bonds is 9. The number of unbranched alkanes of at least 4 members (excludes halogenated alkanes) is 2. The summed E-state index contributed by atoms with van der Waals surface area (Å²) in [5.41, 5.74) is 0.561. The molecule has 1 unspecified atom stereocenters. The van der Waals surface area contributed by atoms with E-state index < -0.39 is 0 Å². The standard InChI is InChI=1S/C16H34N2/c1-5-7-8-12-18(15(3)4)14-16(9-6-2)10-11-17-13-16/h15,17H,5-14H2,1-4H3. The van der Waals surface area contributed by atoms with E-state index in [4.69, 9.17) is 0 Å². The van der Waals surface area contributed by atoms with E-state index in [0.717, 1.165) is 0 Å². The van der Waals surface area contributed by atoms with E-state index >= 15 is 0 Å². The molecule has 0 spiro atoms. The maximum Gasteiger partial charge on any atom is 0.00533 e.